The summed E-state index contributed by atoms with van der Waals surface area (Å²) < 4.78 is 27.4. The molecule has 5 rings (SSSR count). The van der Waals surface area contributed by atoms with Gasteiger partial charge in [-0.1, -0.05) is 12.1 Å². The van der Waals surface area contributed by atoms with E-state index in [0.29, 0.717) is 34.7 Å². The summed E-state index contributed by atoms with van der Waals surface area (Å²) in [6.07, 6.45) is 2.46. The fourth-order valence-corrected chi connectivity index (χ4v) is 4.82. The first-order valence-corrected chi connectivity index (χ1v) is 12.9. The van der Waals surface area contributed by atoms with Crippen LogP contribution < -0.4 is 10.1 Å². The van der Waals surface area contributed by atoms with Crippen molar-refractivity contribution in [2.75, 3.05) is 19.7 Å². The Hall–Kier alpha value is -3.79. The van der Waals surface area contributed by atoms with Crippen LogP contribution in [0.15, 0.2) is 42.6 Å². The van der Waals surface area contributed by atoms with Crippen LogP contribution in [0.2, 0.25) is 0 Å². The van der Waals surface area contributed by atoms with Crippen molar-refractivity contribution in [3.8, 4) is 17.3 Å². The highest BCUT2D eigenvalue weighted by Gasteiger charge is 2.34. The van der Waals surface area contributed by atoms with E-state index in [1.807, 2.05) is 62.2 Å². The summed E-state index contributed by atoms with van der Waals surface area (Å²) in [7, 11) is 0. The molecule has 3 aromatic heterocycles. The average Bonchev–Trinajstić information content (AvgIpc) is 3.53. The number of ether oxygens (including phenoxy) is 2. The smallest absolute Gasteiger partial charge is 0.411 e. The van der Waals surface area contributed by atoms with Gasteiger partial charge >= 0.3 is 6.09 Å². The van der Waals surface area contributed by atoms with Crippen LogP contribution in [0.1, 0.15) is 52.6 Å². The van der Waals surface area contributed by atoms with Crippen LogP contribution in [0.5, 0.6) is 5.75 Å². The lowest BCUT2D eigenvalue weighted by molar-refractivity contribution is 0.00827. The largest absolute Gasteiger partial charge is 0.491 e. The Kier molecular flexibility index (Phi) is 6.92. The average molecular weight is 521 g/mol. The minimum atomic E-state index is -0.598. The van der Waals surface area contributed by atoms with Gasteiger partial charge < -0.3 is 14.8 Å². The van der Waals surface area contributed by atoms with Crippen LogP contribution in [-0.4, -0.2) is 61.9 Å². The third kappa shape index (κ3) is 5.13. The maximum Gasteiger partial charge on any atom is 0.411 e. The SMILES string of the molecule is CCOc1cc2nc(-c3nnc4ccc(C(C)N(C(=O)OC(C)(C)C)[C@H]5CCNC5)cn34)ccc2cc1F. The second kappa shape index (κ2) is 10.2. The number of hydrogen-bond donors (Lipinski definition) is 1. The monoisotopic (exact) mass is 520 g/mol. The van der Waals surface area contributed by atoms with Gasteiger partial charge in [0.2, 0.25) is 0 Å². The minimum Gasteiger partial charge on any atom is -0.491 e. The molecule has 4 aromatic rings. The van der Waals surface area contributed by atoms with E-state index in [1.54, 1.807) is 18.2 Å². The number of carbonyl (C=O) groups excluding carboxylic acids is 1. The number of benzene rings is 1. The van der Waals surface area contributed by atoms with Crippen molar-refractivity contribution in [3.05, 3.63) is 54.0 Å². The molecule has 1 saturated heterocycles. The van der Waals surface area contributed by atoms with Crippen LogP contribution in [0.4, 0.5) is 9.18 Å². The Balaban J connectivity index is 1.52. The van der Waals surface area contributed by atoms with Crippen LogP contribution in [0.25, 0.3) is 28.1 Å². The number of rotatable bonds is 6. The number of carbonyl (C=O) groups is 1. The molecule has 1 unspecified atom stereocenters. The molecule has 1 fully saturated rings. The van der Waals surface area contributed by atoms with Gasteiger partial charge in [0.1, 0.15) is 11.3 Å². The molecule has 1 N–H and O–H groups in total. The van der Waals surface area contributed by atoms with Gasteiger partial charge in [-0.25, -0.2) is 14.2 Å². The van der Waals surface area contributed by atoms with E-state index in [0.717, 1.165) is 25.1 Å². The van der Waals surface area contributed by atoms with Gasteiger partial charge in [-0.2, -0.15) is 0 Å². The van der Waals surface area contributed by atoms with Gasteiger partial charge in [-0.15, -0.1) is 10.2 Å². The molecule has 1 amide bonds. The number of aromatic nitrogens is 4. The third-order valence-electron chi connectivity index (χ3n) is 6.63. The van der Waals surface area contributed by atoms with Gasteiger partial charge in [0, 0.05) is 30.2 Å². The molecule has 1 aliphatic rings. The summed E-state index contributed by atoms with van der Waals surface area (Å²) in [4.78, 5) is 19.8. The number of pyridine rings is 2. The fraction of sp³-hybridized carbons (Fsp3) is 0.429. The Bertz CT molecular complexity index is 1470. The minimum absolute atomic E-state index is 0.0259. The summed E-state index contributed by atoms with van der Waals surface area (Å²) in [5, 5.41) is 12.7. The molecule has 38 heavy (non-hydrogen) atoms. The first-order chi connectivity index (χ1) is 18.1. The first-order valence-electron chi connectivity index (χ1n) is 12.9. The number of hydrogen-bond acceptors (Lipinski definition) is 7. The van der Waals surface area contributed by atoms with Gasteiger partial charge in [0.05, 0.1) is 18.2 Å². The summed E-state index contributed by atoms with van der Waals surface area (Å²) in [6, 6.07) is 10.2. The van der Waals surface area contributed by atoms with E-state index in [-0.39, 0.29) is 23.9 Å². The topological polar surface area (TPSA) is 93.9 Å². The van der Waals surface area contributed by atoms with E-state index >= 15 is 0 Å². The molecular formula is C28H33FN6O3. The lowest BCUT2D eigenvalue weighted by atomic mass is 10.1. The van der Waals surface area contributed by atoms with Crippen molar-refractivity contribution in [1.82, 2.24) is 29.8 Å². The molecule has 0 bridgehead atoms. The Labute approximate surface area is 221 Å². The fourth-order valence-electron chi connectivity index (χ4n) is 4.82. The number of amides is 1. The van der Waals surface area contributed by atoms with Crippen molar-refractivity contribution >= 4 is 22.6 Å². The summed E-state index contributed by atoms with van der Waals surface area (Å²) in [5.74, 6) is 0.285. The zero-order valence-electron chi connectivity index (χ0n) is 22.4. The van der Waals surface area contributed by atoms with E-state index in [4.69, 9.17) is 14.5 Å². The van der Waals surface area contributed by atoms with E-state index in [2.05, 4.69) is 15.5 Å². The quantitative estimate of drug-likeness (QED) is 0.376. The van der Waals surface area contributed by atoms with E-state index < -0.39 is 11.4 Å². The molecule has 9 nitrogen and oxygen atoms in total. The highest BCUT2D eigenvalue weighted by Crippen LogP contribution is 2.30. The molecule has 0 saturated carbocycles. The molecule has 0 spiro atoms. The lowest BCUT2D eigenvalue weighted by Crippen LogP contribution is -2.45. The molecule has 10 heteroatoms. The lowest BCUT2D eigenvalue weighted by Gasteiger charge is -2.36. The summed E-state index contributed by atoms with van der Waals surface area (Å²) >= 11 is 0. The van der Waals surface area contributed by atoms with Gasteiger partial charge in [-0.05, 0) is 71.3 Å². The number of halogens is 1. The molecule has 4 heterocycles. The normalized spacial score (nSPS) is 16.6. The second-order valence-corrected chi connectivity index (χ2v) is 10.5. The zero-order valence-corrected chi connectivity index (χ0v) is 22.4. The molecule has 200 valence electrons. The van der Waals surface area contributed by atoms with Gasteiger partial charge in [0.15, 0.2) is 23.0 Å². The highest BCUT2D eigenvalue weighted by atomic mass is 19.1. The van der Waals surface area contributed by atoms with Crippen LogP contribution in [0, 0.1) is 5.82 Å². The summed E-state index contributed by atoms with van der Waals surface area (Å²) in [6.45, 7) is 11.4. The van der Waals surface area contributed by atoms with Crippen molar-refractivity contribution in [2.24, 2.45) is 0 Å². The molecule has 0 aliphatic carbocycles. The maximum atomic E-state index is 14.3. The summed E-state index contributed by atoms with van der Waals surface area (Å²) in [5.41, 5.74) is 2.15. The highest BCUT2D eigenvalue weighted by molar-refractivity contribution is 5.82. The van der Waals surface area contributed by atoms with Crippen molar-refractivity contribution in [3.63, 3.8) is 0 Å². The van der Waals surface area contributed by atoms with Crippen LogP contribution >= 0.6 is 0 Å². The van der Waals surface area contributed by atoms with Crippen molar-refractivity contribution in [1.29, 1.82) is 0 Å². The molecular weight excluding hydrogens is 487 g/mol. The van der Waals surface area contributed by atoms with Crippen LogP contribution in [-0.2, 0) is 4.74 Å². The molecule has 0 radical (unpaired) electrons. The van der Waals surface area contributed by atoms with Gasteiger partial charge in [0.25, 0.3) is 0 Å². The number of nitrogens with one attached hydrogen (secondary N) is 1. The standard InChI is InChI=1S/C28H33FN6O3/c1-6-37-24-14-23-18(13-21(24)29)7-9-22(31-23)26-33-32-25-10-8-19(16-34(25)26)17(2)35(20-11-12-30-15-20)27(36)38-28(3,4)5/h7-10,13-14,16-17,20,30H,6,11-12,15H2,1-5H3/t17?,20-/m0/s1. The first kappa shape index (κ1) is 25.8. The maximum absolute atomic E-state index is 14.3. The molecule has 2 atom stereocenters. The Morgan fingerprint density at radius 3 is 2.76 bits per heavy atom. The molecule has 1 aromatic carbocycles. The molecule has 1 aliphatic heterocycles. The predicted molar refractivity (Wildman–Crippen MR) is 143 cm³/mol. The predicted octanol–water partition coefficient (Wildman–Crippen LogP) is 5.14. The zero-order chi connectivity index (χ0) is 27.0. The van der Waals surface area contributed by atoms with Crippen molar-refractivity contribution < 1.29 is 18.7 Å². The van der Waals surface area contributed by atoms with E-state index in [9.17, 15) is 9.18 Å². The van der Waals surface area contributed by atoms with Crippen LogP contribution in [0.3, 0.4) is 0 Å². The van der Waals surface area contributed by atoms with Gasteiger partial charge in [-0.3, -0.25) is 9.30 Å². The third-order valence-corrected chi connectivity index (χ3v) is 6.63. The second-order valence-electron chi connectivity index (χ2n) is 10.5. The van der Waals surface area contributed by atoms with E-state index in [1.165, 1.54) is 6.07 Å². The Morgan fingerprint density at radius 1 is 1.24 bits per heavy atom. The Morgan fingerprint density at radius 2 is 2.05 bits per heavy atom. The van der Waals surface area contributed by atoms with Crippen molar-refractivity contribution in [2.45, 2.75) is 58.7 Å². The number of fused-ring (bicyclic) bond motifs is 2. The number of nitrogens with zero attached hydrogens (tertiary/aromatic N) is 5.